The van der Waals surface area contributed by atoms with Crippen LogP contribution in [-0.4, -0.2) is 14.8 Å². The molecule has 0 amide bonds. The van der Waals surface area contributed by atoms with E-state index in [0.29, 0.717) is 18.2 Å². The van der Waals surface area contributed by atoms with Gasteiger partial charge in [-0.3, -0.25) is 4.68 Å². The van der Waals surface area contributed by atoms with Crippen LogP contribution in [0.5, 0.6) is 0 Å². The first-order chi connectivity index (χ1) is 8.56. The molecule has 0 spiro atoms. The van der Waals surface area contributed by atoms with Crippen molar-refractivity contribution in [3.63, 3.8) is 0 Å². The molecule has 2 rings (SSSR count). The third-order valence-corrected chi connectivity index (χ3v) is 2.91. The molecule has 0 fully saturated rings. The second-order valence-electron chi connectivity index (χ2n) is 4.23. The first-order valence-corrected chi connectivity index (χ1v) is 6.44. The van der Waals surface area contributed by atoms with Crippen molar-refractivity contribution < 1.29 is 4.39 Å². The predicted molar refractivity (Wildman–Crippen MR) is 71.8 cm³/mol. The van der Waals surface area contributed by atoms with E-state index in [0.717, 1.165) is 10.3 Å². The monoisotopic (exact) mass is 312 g/mol. The van der Waals surface area contributed by atoms with Gasteiger partial charge in [-0.15, -0.1) is 0 Å². The zero-order chi connectivity index (χ0) is 13.1. The fourth-order valence-electron chi connectivity index (χ4n) is 1.49. The van der Waals surface area contributed by atoms with E-state index in [9.17, 15) is 4.39 Å². The molecule has 2 heterocycles. The molecule has 96 valence electrons. The van der Waals surface area contributed by atoms with Crippen LogP contribution < -0.4 is 5.32 Å². The highest BCUT2D eigenvalue weighted by atomic mass is 79.9. The SMILES string of the molecule is CC(C)n1ccc(NCc2cc(Br)cnc2F)n1. The van der Waals surface area contributed by atoms with Crippen LogP contribution in [0.15, 0.2) is 29.0 Å². The Bertz CT molecular complexity index is 539. The molecule has 18 heavy (non-hydrogen) atoms. The molecule has 0 unspecified atom stereocenters. The zero-order valence-corrected chi connectivity index (χ0v) is 11.8. The van der Waals surface area contributed by atoms with Gasteiger partial charge in [0.15, 0.2) is 0 Å². The van der Waals surface area contributed by atoms with E-state index in [1.165, 1.54) is 6.20 Å². The van der Waals surface area contributed by atoms with Crippen molar-refractivity contribution >= 4 is 21.7 Å². The number of nitrogens with zero attached hydrogens (tertiary/aromatic N) is 3. The minimum absolute atomic E-state index is 0.310. The van der Waals surface area contributed by atoms with Gasteiger partial charge in [0.2, 0.25) is 5.95 Å². The summed E-state index contributed by atoms with van der Waals surface area (Å²) in [6, 6.07) is 3.88. The van der Waals surface area contributed by atoms with E-state index >= 15 is 0 Å². The van der Waals surface area contributed by atoms with Crippen molar-refractivity contribution in [1.29, 1.82) is 0 Å². The Kier molecular flexibility index (Phi) is 3.96. The number of anilines is 1. The standard InChI is InChI=1S/C12H14BrFN4/c1-8(2)18-4-3-11(17-18)15-6-9-5-10(13)7-16-12(9)14/h3-5,7-8H,6H2,1-2H3,(H,15,17). The van der Waals surface area contributed by atoms with Crippen LogP contribution in [0.1, 0.15) is 25.5 Å². The van der Waals surface area contributed by atoms with Gasteiger partial charge in [0.25, 0.3) is 0 Å². The van der Waals surface area contributed by atoms with E-state index in [2.05, 4.69) is 45.2 Å². The van der Waals surface area contributed by atoms with Gasteiger partial charge in [-0.2, -0.15) is 9.49 Å². The first-order valence-electron chi connectivity index (χ1n) is 5.65. The van der Waals surface area contributed by atoms with Gasteiger partial charge >= 0.3 is 0 Å². The summed E-state index contributed by atoms with van der Waals surface area (Å²) >= 11 is 3.27. The largest absolute Gasteiger partial charge is 0.364 e. The maximum absolute atomic E-state index is 13.4. The van der Waals surface area contributed by atoms with Gasteiger partial charge in [0.1, 0.15) is 5.82 Å². The van der Waals surface area contributed by atoms with Gasteiger partial charge in [-0.25, -0.2) is 4.98 Å². The molecular formula is C12H14BrFN4. The Balaban J connectivity index is 2.04. The maximum atomic E-state index is 13.4. The molecule has 0 aliphatic carbocycles. The Morgan fingerprint density at radius 1 is 1.50 bits per heavy atom. The number of nitrogens with one attached hydrogen (secondary N) is 1. The summed E-state index contributed by atoms with van der Waals surface area (Å²) < 4.78 is 16.0. The van der Waals surface area contributed by atoms with E-state index in [1.54, 1.807) is 6.07 Å². The van der Waals surface area contributed by atoms with Gasteiger partial charge < -0.3 is 5.32 Å². The summed E-state index contributed by atoms with van der Waals surface area (Å²) in [5.74, 6) is 0.261. The topological polar surface area (TPSA) is 42.7 Å². The zero-order valence-electron chi connectivity index (χ0n) is 10.2. The molecule has 0 aliphatic heterocycles. The molecule has 1 N–H and O–H groups in total. The van der Waals surface area contributed by atoms with Crippen LogP contribution in [0.4, 0.5) is 10.2 Å². The fraction of sp³-hybridized carbons (Fsp3) is 0.333. The van der Waals surface area contributed by atoms with Crippen molar-refractivity contribution in [2.75, 3.05) is 5.32 Å². The third kappa shape index (κ3) is 3.07. The van der Waals surface area contributed by atoms with Gasteiger partial charge in [0.05, 0.1) is 0 Å². The number of hydrogen-bond donors (Lipinski definition) is 1. The van der Waals surface area contributed by atoms with Crippen LogP contribution in [0.25, 0.3) is 0 Å². The molecule has 0 saturated heterocycles. The normalized spacial score (nSPS) is 10.9. The smallest absolute Gasteiger partial charge is 0.217 e. The molecule has 0 bridgehead atoms. The van der Waals surface area contributed by atoms with Crippen molar-refractivity contribution in [2.24, 2.45) is 0 Å². The number of halogens is 2. The Morgan fingerprint density at radius 3 is 2.94 bits per heavy atom. The molecule has 6 heteroatoms. The van der Waals surface area contributed by atoms with Crippen LogP contribution in [0, 0.1) is 5.95 Å². The van der Waals surface area contributed by atoms with E-state index in [1.807, 2.05) is 16.9 Å². The van der Waals surface area contributed by atoms with Crippen LogP contribution in [-0.2, 0) is 6.54 Å². The predicted octanol–water partition coefficient (Wildman–Crippen LogP) is 3.37. The molecule has 0 saturated carbocycles. The summed E-state index contributed by atoms with van der Waals surface area (Å²) in [6.07, 6.45) is 3.33. The Hall–Kier alpha value is -1.43. The molecule has 0 aliphatic rings. The Morgan fingerprint density at radius 2 is 2.28 bits per heavy atom. The minimum atomic E-state index is -0.464. The highest BCUT2D eigenvalue weighted by Crippen LogP contribution is 2.15. The van der Waals surface area contributed by atoms with Crippen LogP contribution in [0.3, 0.4) is 0 Å². The lowest BCUT2D eigenvalue weighted by atomic mass is 10.3. The second kappa shape index (κ2) is 5.48. The molecule has 2 aromatic heterocycles. The minimum Gasteiger partial charge on any atom is -0.364 e. The summed E-state index contributed by atoms with van der Waals surface area (Å²) in [5.41, 5.74) is 0.503. The van der Waals surface area contributed by atoms with Crippen LogP contribution >= 0.6 is 15.9 Å². The average Bonchev–Trinajstić information content (AvgIpc) is 2.79. The van der Waals surface area contributed by atoms with E-state index < -0.39 is 5.95 Å². The number of rotatable bonds is 4. The number of aromatic nitrogens is 3. The number of pyridine rings is 1. The Labute approximate surface area is 113 Å². The number of hydrogen-bond acceptors (Lipinski definition) is 3. The summed E-state index contributed by atoms with van der Waals surface area (Å²) in [6.45, 7) is 4.46. The summed E-state index contributed by atoms with van der Waals surface area (Å²) in [7, 11) is 0. The lowest BCUT2D eigenvalue weighted by Crippen LogP contribution is -2.06. The molecule has 0 aromatic carbocycles. The maximum Gasteiger partial charge on any atom is 0.217 e. The van der Waals surface area contributed by atoms with Crippen molar-refractivity contribution in [3.05, 3.63) is 40.5 Å². The van der Waals surface area contributed by atoms with E-state index in [4.69, 9.17) is 0 Å². The van der Waals surface area contributed by atoms with Crippen molar-refractivity contribution in [1.82, 2.24) is 14.8 Å². The third-order valence-electron chi connectivity index (χ3n) is 2.48. The van der Waals surface area contributed by atoms with Crippen molar-refractivity contribution in [3.8, 4) is 0 Å². The molecule has 4 nitrogen and oxygen atoms in total. The quantitative estimate of drug-likeness (QED) is 0.880. The lowest BCUT2D eigenvalue weighted by Gasteiger charge is -2.06. The fourth-order valence-corrected chi connectivity index (χ4v) is 1.87. The summed E-state index contributed by atoms with van der Waals surface area (Å²) in [4.78, 5) is 3.65. The van der Waals surface area contributed by atoms with Gasteiger partial charge in [0, 0.05) is 41.1 Å². The molecule has 0 atom stereocenters. The average molecular weight is 313 g/mol. The lowest BCUT2D eigenvalue weighted by molar-refractivity contribution is 0.533. The highest BCUT2D eigenvalue weighted by molar-refractivity contribution is 9.10. The second-order valence-corrected chi connectivity index (χ2v) is 5.15. The van der Waals surface area contributed by atoms with Crippen LogP contribution in [0.2, 0.25) is 0 Å². The molecule has 2 aromatic rings. The molecule has 0 radical (unpaired) electrons. The van der Waals surface area contributed by atoms with Gasteiger partial charge in [-0.05, 0) is 35.8 Å². The first kappa shape index (κ1) is 13.0. The van der Waals surface area contributed by atoms with E-state index in [-0.39, 0.29) is 0 Å². The van der Waals surface area contributed by atoms with Crippen molar-refractivity contribution in [2.45, 2.75) is 26.4 Å². The summed E-state index contributed by atoms with van der Waals surface area (Å²) in [5, 5.41) is 7.40. The van der Waals surface area contributed by atoms with Gasteiger partial charge in [-0.1, -0.05) is 0 Å². The molecular weight excluding hydrogens is 299 g/mol. The highest BCUT2D eigenvalue weighted by Gasteiger charge is 2.06.